The molecule has 33 heavy (non-hydrogen) atoms. The topological polar surface area (TPSA) is 27.7 Å². The van der Waals surface area contributed by atoms with Gasteiger partial charge in [0.25, 0.3) is 0 Å². The molecule has 0 radical (unpaired) electrons. The molecular formula is C28H62O3Si2. The van der Waals surface area contributed by atoms with Crippen molar-refractivity contribution < 1.29 is 13.0 Å². The molecule has 0 amide bonds. The van der Waals surface area contributed by atoms with Crippen LogP contribution in [0.15, 0.2) is 0 Å². The first kappa shape index (κ1) is 33.3. The molecular weight excluding hydrogens is 440 g/mol. The number of hydrogen-bond acceptors (Lipinski definition) is 3. The molecule has 5 heteroatoms. The van der Waals surface area contributed by atoms with Gasteiger partial charge in [0, 0.05) is 13.2 Å². The van der Waals surface area contributed by atoms with Crippen LogP contribution in [0.2, 0.25) is 22.2 Å². The number of hydrogen-bond donors (Lipinski definition) is 0. The molecule has 0 spiro atoms. The predicted octanol–water partition coefficient (Wildman–Crippen LogP) is 10.3. The maximum absolute atomic E-state index is 7.40. The van der Waals surface area contributed by atoms with Crippen molar-refractivity contribution in [1.82, 2.24) is 0 Å². The van der Waals surface area contributed by atoms with Crippen molar-refractivity contribution in [3.05, 3.63) is 0 Å². The molecule has 0 fully saturated rings. The van der Waals surface area contributed by atoms with Crippen molar-refractivity contribution in [2.24, 2.45) is 0 Å². The van der Waals surface area contributed by atoms with Gasteiger partial charge in [0.15, 0.2) is 0 Å². The van der Waals surface area contributed by atoms with Gasteiger partial charge >= 0.3 is 17.1 Å². The normalized spacial score (nSPS) is 13.3. The summed E-state index contributed by atoms with van der Waals surface area (Å²) in [4.78, 5) is 0. The Hall–Kier alpha value is 0.314. The van der Waals surface area contributed by atoms with E-state index in [0.29, 0.717) is 22.2 Å². The molecule has 0 N–H and O–H groups in total. The van der Waals surface area contributed by atoms with Crippen LogP contribution in [0, 0.1) is 0 Å². The van der Waals surface area contributed by atoms with Gasteiger partial charge in [-0.2, -0.15) is 0 Å². The summed E-state index contributed by atoms with van der Waals surface area (Å²) in [5.74, 6) is 0. The first-order chi connectivity index (χ1) is 15.6. The van der Waals surface area contributed by atoms with Gasteiger partial charge in [-0.3, -0.25) is 0 Å². The van der Waals surface area contributed by atoms with E-state index >= 15 is 0 Å². The monoisotopic (exact) mass is 502 g/mol. The maximum atomic E-state index is 7.40. The molecule has 0 atom stereocenters. The Morgan fingerprint density at radius 1 is 0.424 bits per heavy atom. The molecule has 0 heterocycles. The molecule has 0 aromatic carbocycles. The lowest BCUT2D eigenvalue weighted by Crippen LogP contribution is -2.61. The highest BCUT2D eigenvalue weighted by Crippen LogP contribution is 2.44. The van der Waals surface area contributed by atoms with Gasteiger partial charge in [0.1, 0.15) is 0 Å². The molecule has 0 aromatic heterocycles. The van der Waals surface area contributed by atoms with E-state index in [-0.39, 0.29) is 0 Å². The van der Waals surface area contributed by atoms with E-state index in [0.717, 1.165) is 26.1 Å². The van der Waals surface area contributed by atoms with E-state index in [1.165, 1.54) is 64.2 Å². The fraction of sp³-hybridized carbons (Fsp3) is 1.00. The SMILES string of the molecule is CCCCCCCCO[Si](O[Si](OCCCCCCCC)(C(C)C)C(C)C)(C(C)C)C(C)C. The van der Waals surface area contributed by atoms with E-state index < -0.39 is 17.1 Å². The highest BCUT2D eigenvalue weighted by molar-refractivity contribution is 6.83. The predicted molar refractivity (Wildman–Crippen MR) is 152 cm³/mol. The third-order valence-corrected chi connectivity index (χ3v) is 17.5. The Bertz CT molecular complexity index is 396. The molecule has 0 aromatic rings. The summed E-state index contributed by atoms with van der Waals surface area (Å²) < 4.78 is 21.1. The van der Waals surface area contributed by atoms with Crippen LogP contribution in [0.3, 0.4) is 0 Å². The van der Waals surface area contributed by atoms with Gasteiger partial charge in [-0.1, -0.05) is 133 Å². The van der Waals surface area contributed by atoms with Gasteiger partial charge in [0.05, 0.1) is 0 Å². The average Bonchev–Trinajstić information content (AvgIpc) is 2.74. The molecule has 0 aliphatic carbocycles. The largest absolute Gasteiger partial charge is 0.414 e. The van der Waals surface area contributed by atoms with Crippen LogP contribution in [0.4, 0.5) is 0 Å². The zero-order valence-corrected chi connectivity index (χ0v) is 26.4. The highest BCUT2D eigenvalue weighted by Gasteiger charge is 2.56. The lowest BCUT2D eigenvalue weighted by Gasteiger charge is -2.48. The third kappa shape index (κ3) is 11.7. The van der Waals surface area contributed by atoms with E-state index in [4.69, 9.17) is 13.0 Å². The summed E-state index contributed by atoms with van der Waals surface area (Å²) in [7, 11) is -4.87. The molecule has 0 rings (SSSR count). The van der Waals surface area contributed by atoms with Crippen LogP contribution in [0.5, 0.6) is 0 Å². The van der Waals surface area contributed by atoms with E-state index in [2.05, 4.69) is 69.2 Å². The molecule has 0 bridgehead atoms. The second-order valence-electron chi connectivity index (χ2n) is 11.4. The lowest BCUT2D eigenvalue weighted by molar-refractivity contribution is 0.155. The summed E-state index contributed by atoms with van der Waals surface area (Å²) in [5.41, 5.74) is 1.67. The van der Waals surface area contributed by atoms with Crippen LogP contribution in [-0.4, -0.2) is 30.3 Å². The summed E-state index contributed by atoms with van der Waals surface area (Å²) in [5, 5.41) is 0. The minimum absolute atomic E-state index is 0.416. The standard InChI is InChI=1S/C28H62O3Si2/c1-11-13-15-17-19-21-23-29-32(25(3)4,26(5)6)31-33(27(7)8,28(9)10)30-24-22-20-18-16-14-12-2/h25-28H,11-24H2,1-10H3. The van der Waals surface area contributed by atoms with Gasteiger partial charge < -0.3 is 13.0 Å². The van der Waals surface area contributed by atoms with Crippen molar-refractivity contribution >= 4 is 17.1 Å². The summed E-state index contributed by atoms with van der Waals surface area (Å²) >= 11 is 0. The van der Waals surface area contributed by atoms with Crippen molar-refractivity contribution in [2.75, 3.05) is 13.2 Å². The van der Waals surface area contributed by atoms with Gasteiger partial charge in [0.2, 0.25) is 0 Å². The second-order valence-corrected chi connectivity index (χ2v) is 20.3. The van der Waals surface area contributed by atoms with Crippen molar-refractivity contribution in [1.29, 1.82) is 0 Å². The molecule has 0 aliphatic heterocycles. The van der Waals surface area contributed by atoms with Gasteiger partial charge in [-0.05, 0) is 35.0 Å². The van der Waals surface area contributed by atoms with Crippen LogP contribution in [0.25, 0.3) is 0 Å². The Morgan fingerprint density at radius 3 is 0.970 bits per heavy atom. The zero-order valence-electron chi connectivity index (χ0n) is 24.4. The van der Waals surface area contributed by atoms with E-state index in [1.54, 1.807) is 0 Å². The quantitative estimate of drug-likeness (QED) is 0.109. The Balaban J connectivity index is 5.30. The highest BCUT2D eigenvalue weighted by atomic mass is 28.5. The maximum Gasteiger partial charge on any atom is 0.334 e. The Kier molecular flexibility index (Phi) is 18.7. The third-order valence-electron chi connectivity index (χ3n) is 7.19. The molecule has 0 saturated heterocycles. The Labute approximate surface area is 211 Å². The fourth-order valence-corrected chi connectivity index (χ4v) is 16.2. The number of unbranched alkanes of at least 4 members (excludes halogenated alkanes) is 10. The van der Waals surface area contributed by atoms with Crippen LogP contribution in [0.1, 0.15) is 146 Å². The van der Waals surface area contributed by atoms with Crippen LogP contribution >= 0.6 is 0 Å². The van der Waals surface area contributed by atoms with Crippen LogP contribution < -0.4 is 0 Å². The van der Waals surface area contributed by atoms with Gasteiger partial charge in [-0.25, -0.2) is 0 Å². The van der Waals surface area contributed by atoms with Crippen molar-refractivity contribution in [2.45, 2.75) is 168 Å². The summed E-state index contributed by atoms with van der Waals surface area (Å²) in [6.07, 6.45) is 15.5. The minimum Gasteiger partial charge on any atom is -0.414 e. The molecule has 0 unspecified atom stereocenters. The average molecular weight is 503 g/mol. The molecule has 3 nitrogen and oxygen atoms in total. The minimum atomic E-state index is -2.44. The van der Waals surface area contributed by atoms with E-state index in [1.807, 2.05) is 0 Å². The summed E-state index contributed by atoms with van der Waals surface area (Å²) in [6, 6.07) is 0. The first-order valence-corrected chi connectivity index (χ1v) is 18.5. The smallest absolute Gasteiger partial charge is 0.334 e. The Morgan fingerprint density at radius 2 is 0.697 bits per heavy atom. The lowest BCUT2D eigenvalue weighted by atomic mass is 10.1. The first-order valence-electron chi connectivity index (χ1n) is 14.6. The van der Waals surface area contributed by atoms with Crippen LogP contribution in [-0.2, 0) is 13.0 Å². The molecule has 0 saturated carbocycles. The zero-order chi connectivity index (χ0) is 25.3. The molecule has 0 aliphatic rings. The second kappa shape index (κ2) is 18.6. The van der Waals surface area contributed by atoms with Crippen molar-refractivity contribution in [3.8, 4) is 0 Å². The summed E-state index contributed by atoms with van der Waals surface area (Å²) in [6.45, 7) is 24.8. The van der Waals surface area contributed by atoms with E-state index in [9.17, 15) is 0 Å². The van der Waals surface area contributed by atoms with Crippen molar-refractivity contribution in [3.63, 3.8) is 0 Å². The molecule has 200 valence electrons. The number of rotatable bonds is 22. The van der Waals surface area contributed by atoms with Gasteiger partial charge in [-0.15, -0.1) is 0 Å². The fourth-order valence-electron chi connectivity index (χ4n) is 5.01.